The molecule has 1 heterocycles. The van der Waals surface area contributed by atoms with Gasteiger partial charge in [-0.05, 0) is 54.3 Å². The van der Waals surface area contributed by atoms with Crippen LogP contribution in [-0.2, 0) is 17.5 Å². The van der Waals surface area contributed by atoms with Crippen molar-refractivity contribution < 1.29 is 27.6 Å². The van der Waals surface area contributed by atoms with Crippen molar-refractivity contribution in [3.8, 4) is 34.0 Å². The van der Waals surface area contributed by atoms with Gasteiger partial charge in [-0.3, -0.25) is 4.79 Å². The first-order chi connectivity index (χ1) is 16.6. The number of hydrogen-bond donors (Lipinski definition) is 2. The number of hydrogen-bond acceptors (Lipinski definition) is 5. The zero-order valence-electron chi connectivity index (χ0n) is 18.9. The van der Waals surface area contributed by atoms with Crippen molar-refractivity contribution in [3.05, 3.63) is 83.4 Å². The van der Waals surface area contributed by atoms with Crippen molar-refractivity contribution in [1.29, 1.82) is 0 Å². The number of carboxylic acid groups (broad SMARTS) is 1. The van der Waals surface area contributed by atoms with Crippen LogP contribution in [-0.4, -0.2) is 27.3 Å². The fraction of sp³-hybridized carbons (Fsp3) is 0.192. The lowest BCUT2D eigenvalue weighted by molar-refractivity contribution is -0.139. The molecule has 0 unspecified atom stereocenters. The Labute approximate surface area is 199 Å². The summed E-state index contributed by atoms with van der Waals surface area (Å²) in [7, 11) is 0. The van der Waals surface area contributed by atoms with E-state index in [9.17, 15) is 18.0 Å². The van der Waals surface area contributed by atoms with Gasteiger partial charge in [0.15, 0.2) is 0 Å². The molecule has 1 atom stereocenters. The maximum Gasteiger partial charge on any atom is 0.417 e. The van der Waals surface area contributed by atoms with Crippen LogP contribution in [0.2, 0.25) is 0 Å². The van der Waals surface area contributed by atoms with E-state index >= 15 is 0 Å². The molecular weight excluding hydrogens is 459 g/mol. The Kier molecular flexibility index (Phi) is 6.70. The van der Waals surface area contributed by atoms with Crippen LogP contribution in [0.1, 0.15) is 23.6 Å². The van der Waals surface area contributed by atoms with E-state index in [1.807, 2.05) is 12.1 Å². The molecule has 9 heteroatoms. The number of benzene rings is 3. The van der Waals surface area contributed by atoms with Gasteiger partial charge in [0.05, 0.1) is 5.56 Å². The molecule has 0 bridgehead atoms. The fourth-order valence-corrected chi connectivity index (χ4v) is 3.65. The molecular formula is C26H22F3N3O3. The topological polar surface area (TPSA) is 88.2 Å². The lowest BCUT2D eigenvalue weighted by atomic mass is 9.94. The third-order valence-electron chi connectivity index (χ3n) is 5.62. The molecule has 35 heavy (non-hydrogen) atoms. The van der Waals surface area contributed by atoms with Crippen LogP contribution in [0.3, 0.4) is 0 Å². The van der Waals surface area contributed by atoms with E-state index in [0.717, 1.165) is 11.6 Å². The maximum absolute atomic E-state index is 13.4. The Morgan fingerprint density at radius 1 is 1.03 bits per heavy atom. The molecule has 6 nitrogen and oxygen atoms in total. The standard InChI is InChI=1S/C26H22F3N3O3/c1-15-13-19(11-12-20(15)21-5-3-4-6-22(21)26(27,28)29)24-31-23(32-35-24)18-9-7-17(8-10-18)14-30-16(2)25(33)34/h3-13,16,30H,14H2,1-2H3,(H,33,34)/t16-/m0/s1. The smallest absolute Gasteiger partial charge is 0.417 e. The summed E-state index contributed by atoms with van der Waals surface area (Å²) in [6.45, 7) is 3.70. The number of aromatic nitrogens is 2. The molecule has 0 spiro atoms. The Morgan fingerprint density at radius 2 is 1.71 bits per heavy atom. The Bertz CT molecular complexity index is 1350. The number of carbonyl (C=O) groups is 1. The van der Waals surface area contributed by atoms with Gasteiger partial charge in [0, 0.05) is 17.7 Å². The molecule has 0 amide bonds. The number of aryl methyl sites for hydroxylation is 1. The van der Waals surface area contributed by atoms with Crippen molar-refractivity contribution in [2.24, 2.45) is 0 Å². The van der Waals surface area contributed by atoms with Crippen LogP contribution >= 0.6 is 0 Å². The highest BCUT2D eigenvalue weighted by Crippen LogP contribution is 2.38. The lowest BCUT2D eigenvalue weighted by Crippen LogP contribution is -2.33. The number of halogens is 3. The Hall–Kier alpha value is -3.98. The first-order valence-electron chi connectivity index (χ1n) is 10.8. The molecule has 1 aromatic heterocycles. The summed E-state index contributed by atoms with van der Waals surface area (Å²) in [5.74, 6) is -0.309. The number of nitrogens with zero attached hydrogens (tertiary/aromatic N) is 2. The number of nitrogens with one attached hydrogen (secondary N) is 1. The van der Waals surface area contributed by atoms with Gasteiger partial charge in [-0.15, -0.1) is 0 Å². The van der Waals surface area contributed by atoms with Gasteiger partial charge in [-0.1, -0.05) is 53.7 Å². The fourth-order valence-electron chi connectivity index (χ4n) is 3.65. The minimum atomic E-state index is -4.46. The molecule has 0 radical (unpaired) electrons. The van der Waals surface area contributed by atoms with Gasteiger partial charge in [0.2, 0.25) is 5.82 Å². The molecule has 0 aliphatic rings. The van der Waals surface area contributed by atoms with E-state index in [1.165, 1.54) is 12.1 Å². The van der Waals surface area contributed by atoms with Crippen LogP contribution < -0.4 is 5.32 Å². The van der Waals surface area contributed by atoms with Gasteiger partial charge in [-0.2, -0.15) is 18.2 Å². The Balaban J connectivity index is 1.54. The largest absolute Gasteiger partial charge is 0.480 e. The van der Waals surface area contributed by atoms with Gasteiger partial charge >= 0.3 is 12.1 Å². The summed E-state index contributed by atoms with van der Waals surface area (Å²) in [6.07, 6.45) is -4.46. The third-order valence-corrected chi connectivity index (χ3v) is 5.62. The highest BCUT2D eigenvalue weighted by Gasteiger charge is 2.33. The van der Waals surface area contributed by atoms with E-state index in [2.05, 4.69) is 15.5 Å². The molecule has 0 fully saturated rings. The van der Waals surface area contributed by atoms with Gasteiger partial charge in [-0.25, -0.2) is 0 Å². The Morgan fingerprint density at radius 3 is 2.37 bits per heavy atom. The van der Waals surface area contributed by atoms with E-state index in [4.69, 9.17) is 9.63 Å². The highest BCUT2D eigenvalue weighted by molar-refractivity contribution is 5.74. The highest BCUT2D eigenvalue weighted by atomic mass is 19.4. The number of rotatable bonds is 7. The zero-order chi connectivity index (χ0) is 25.2. The molecule has 3 aromatic carbocycles. The molecule has 0 aliphatic heterocycles. The van der Waals surface area contributed by atoms with E-state index < -0.39 is 23.8 Å². The molecule has 180 valence electrons. The van der Waals surface area contributed by atoms with Crippen LogP contribution in [0.4, 0.5) is 13.2 Å². The summed E-state index contributed by atoms with van der Waals surface area (Å²) in [6, 6.07) is 17.1. The van der Waals surface area contributed by atoms with E-state index in [1.54, 1.807) is 50.2 Å². The van der Waals surface area contributed by atoms with Gasteiger partial charge in [0.1, 0.15) is 6.04 Å². The van der Waals surface area contributed by atoms with Crippen LogP contribution in [0, 0.1) is 6.92 Å². The second-order valence-electron chi connectivity index (χ2n) is 8.13. The summed E-state index contributed by atoms with van der Waals surface area (Å²) in [5, 5.41) is 15.9. The first kappa shape index (κ1) is 24.2. The van der Waals surface area contributed by atoms with Crippen LogP contribution in [0.15, 0.2) is 71.3 Å². The average Bonchev–Trinajstić information content (AvgIpc) is 3.32. The third kappa shape index (κ3) is 5.41. The quantitative estimate of drug-likeness (QED) is 0.339. The van der Waals surface area contributed by atoms with Crippen molar-refractivity contribution >= 4 is 5.97 Å². The predicted octanol–water partition coefficient (Wildman–Crippen LogP) is 5.96. The van der Waals surface area contributed by atoms with Crippen LogP contribution in [0.5, 0.6) is 0 Å². The molecule has 0 saturated carbocycles. The summed E-state index contributed by atoms with van der Waals surface area (Å²) >= 11 is 0. The van der Waals surface area contributed by atoms with E-state index in [-0.39, 0.29) is 11.5 Å². The zero-order valence-corrected chi connectivity index (χ0v) is 18.9. The number of carboxylic acids is 1. The van der Waals surface area contributed by atoms with Crippen molar-refractivity contribution in [2.75, 3.05) is 0 Å². The summed E-state index contributed by atoms with van der Waals surface area (Å²) < 4.78 is 45.7. The van der Waals surface area contributed by atoms with Gasteiger partial charge < -0.3 is 14.9 Å². The molecule has 2 N–H and O–H groups in total. The summed E-state index contributed by atoms with van der Waals surface area (Å²) in [4.78, 5) is 15.3. The van der Waals surface area contributed by atoms with E-state index in [0.29, 0.717) is 34.6 Å². The number of alkyl halides is 3. The summed E-state index contributed by atoms with van der Waals surface area (Å²) in [5.41, 5.74) is 2.75. The van der Waals surface area contributed by atoms with Crippen molar-refractivity contribution in [2.45, 2.75) is 32.6 Å². The SMILES string of the molecule is Cc1cc(-c2nc(-c3ccc(CN[C@@H](C)C(=O)O)cc3)no2)ccc1-c1ccccc1C(F)(F)F. The van der Waals surface area contributed by atoms with Crippen molar-refractivity contribution in [3.63, 3.8) is 0 Å². The minimum Gasteiger partial charge on any atom is -0.480 e. The molecule has 4 rings (SSSR count). The number of aliphatic carboxylic acids is 1. The predicted molar refractivity (Wildman–Crippen MR) is 124 cm³/mol. The second kappa shape index (κ2) is 9.71. The average molecular weight is 481 g/mol. The second-order valence-corrected chi connectivity index (χ2v) is 8.13. The molecule has 0 saturated heterocycles. The monoisotopic (exact) mass is 481 g/mol. The maximum atomic E-state index is 13.4. The van der Waals surface area contributed by atoms with Crippen LogP contribution in [0.25, 0.3) is 34.0 Å². The normalized spacial score (nSPS) is 12.5. The first-order valence-corrected chi connectivity index (χ1v) is 10.8. The van der Waals surface area contributed by atoms with Gasteiger partial charge in [0.25, 0.3) is 5.89 Å². The van der Waals surface area contributed by atoms with Crippen molar-refractivity contribution in [1.82, 2.24) is 15.5 Å². The minimum absolute atomic E-state index is 0.114. The molecule has 4 aromatic rings. The lowest BCUT2D eigenvalue weighted by Gasteiger charge is -2.14. The molecule has 0 aliphatic carbocycles.